The number of carbonyl (C=O) groups is 1. The third-order valence-corrected chi connectivity index (χ3v) is 3.94. The summed E-state index contributed by atoms with van der Waals surface area (Å²) in [5.41, 5.74) is 0. The molecule has 0 spiro atoms. The Labute approximate surface area is 116 Å². The summed E-state index contributed by atoms with van der Waals surface area (Å²) in [5.74, 6) is 1.87. The fraction of sp³-hybridized carbons (Fsp3) is 0.500. The molecule has 0 bridgehead atoms. The molecule has 18 heavy (non-hydrogen) atoms. The fourth-order valence-corrected chi connectivity index (χ4v) is 2.71. The van der Waals surface area contributed by atoms with Crippen molar-refractivity contribution in [2.45, 2.75) is 25.7 Å². The van der Waals surface area contributed by atoms with E-state index in [1.54, 1.807) is 7.11 Å². The molecule has 0 atom stereocenters. The van der Waals surface area contributed by atoms with E-state index in [1.807, 2.05) is 18.2 Å². The highest BCUT2D eigenvalue weighted by Gasteiger charge is 2.22. The van der Waals surface area contributed by atoms with E-state index in [0.29, 0.717) is 5.75 Å². The molecule has 0 unspecified atom stereocenters. The van der Waals surface area contributed by atoms with Gasteiger partial charge < -0.3 is 9.47 Å². The van der Waals surface area contributed by atoms with E-state index < -0.39 is 0 Å². The van der Waals surface area contributed by atoms with Crippen molar-refractivity contribution < 1.29 is 14.3 Å². The lowest BCUT2D eigenvalue weighted by Crippen LogP contribution is -2.19. The maximum absolute atomic E-state index is 11.9. The van der Waals surface area contributed by atoms with E-state index in [2.05, 4.69) is 15.9 Å². The summed E-state index contributed by atoms with van der Waals surface area (Å²) in [7, 11) is 1.62. The van der Waals surface area contributed by atoms with Crippen LogP contribution in [-0.2, 0) is 4.79 Å². The number of benzene rings is 1. The molecule has 1 fully saturated rings. The predicted molar refractivity (Wildman–Crippen MR) is 73.2 cm³/mol. The number of hydrogen-bond acceptors (Lipinski definition) is 3. The molecule has 0 amide bonds. The molecule has 0 radical (unpaired) electrons. The molecule has 1 aliphatic rings. The summed E-state index contributed by atoms with van der Waals surface area (Å²) in [4.78, 5) is 11.9. The largest absolute Gasteiger partial charge is 0.497 e. The van der Waals surface area contributed by atoms with Gasteiger partial charge in [-0.1, -0.05) is 12.8 Å². The van der Waals surface area contributed by atoms with Crippen molar-refractivity contribution in [2.24, 2.45) is 5.92 Å². The SMILES string of the molecule is COc1ccc(OCC(=O)C2CCCC2)c(Br)c1. The van der Waals surface area contributed by atoms with Crippen LogP contribution in [0.1, 0.15) is 25.7 Å². The Kier molecular flexibility index (Phi) is 4.64. The predicted octanol–water partition coefficient (Wildman–Crippen LogP) is 3.60. The second-order valence-electron chi connectivity index (χ2n) is 4.53. The number of Topliss-reactive ketones (excluding diaryl/α,β-unsaturated/α-hetero) is 1. The summed E-state index contributed by atoms with van der Waals surface area (Å²) in [5, 5.41) is 0. The van der Waals surface area contributed by atoms with E-state index in [9.17, 15) is 4.79 Å². The molecule has 1 aromatic carbocycles. The minimum absolute atomic E-state index is 0.162. The molecule has 4 heteroatoms. The van der Waals surface area contributed by atoms with Gasteiger partial charge in [-0.25, -0.2) is 0 Å². The molecule has 0 aromatic heterocycles. The summed E-state index contributed by atoms with van der Waals surface area (Å²) in [6, 6.07) is 5.46. The van der Waals surface area contributed by atoms with Crippen molar-refractivity contribution >= 4 is 21.7 Å². The van der Waals surface area contributed by atoms with Gasteiger partial charge in [-0.05, 0) is 47.0 Å². The van der Waals surface area contributed by atoms with E-state index in [1.165, 1.54) is 12.8 Å². The molecule has 0 heterocycles. The Morgan fingerprint density at radius 2 is 2.11 bits per heavy atom. The summed E-state index contributed by atoms with van der Waals surface area (Å²) < 4.78 is 11.5. The zero-order valence-electron chi connectivity index (χ0n) is 10.4. The van der Waals surface area contributed by atoms with Crippen molar-refractivity contribution in [3.05, 3.63) is 22.7 Å². The normalized spacial score (nSPS) is 15.7. The highest BCUT2D eigenvalue weighted by atomic mass is 79.9. The van der Waals surface area contributed by atoms with Gasteiger partial charge >= 0.3 is 0 Å². The number of rotatable bonds is 5. The first kappa shape index (κ1) is 13.4. The Bertz CT molecular complexity index is 425. The third kappa shape index (κ3) is 3.25. The van der Waals surface area contributed by atoms with Crippen molar-refractivity contribution in [3.63, 3.8) is 0 Å². The third-order valence-electron chi connectivity index (χ3n) is 3.32. The first-order valence-corrected chi connectivity index (χ1v) is 6.99. The Morgan fingerprint density at radius 3 is 2.72 bits per heavy atom. The first-order valence-electron chi connectivity index (χ1n) is 6.20. The topological polar surface area (TPSA) is 35.5 Å². The maximum Gasteiger partial charge on any atom is 0.173 e. The van der Waals surface area contributed by atoms with Gasteiger partial charge in [0.05, 0.1) is 11.6 Å². The highest BCUT2D eigenvalue weighted by Crippen LogP contribution is 2.30. The number of ketones is 1. The van der Waals surface area contributed by atoms with Crippen molar-refractivity contribution in [2.75, 3.05) is 13.7 Å². The van der Waals surface area contributed by atoms with Crippen LogP contribution in [0.4, 0.5) is 0 Å². The van der Waals surface area contributed by atoms with E-state index >= 15 is 0 Å². The van der Waals surface area contributed by atoms with Gasteiger partial charge in [-0.3, -0.25) is 4.79 Å². The molecule has 98 valence electrons. The molecule has 1 aliphatic carbocycles. The molecule has 0 aliphatic heterocycles. The van der Waals surface area contributed by atoms with Gasteiger partial charge in [0.2, 0.25) is 0 Å². The van der Waals surface area contributed by atoms with Crippen molar-refractivity contribution in [1.82, 2.24) is 0 Å². The minimum atomic E-state index is 0.162. The van der Waals surface area contributed by atoms with Gasteiger partial charge in [-0.15, -0.1) is 0 Å². The quantitative estimate of drug-likeness (QED) is 0.833. The summed E-state index contributed by atoms with van der Waals surface area (Å²) in [6.07, 6.45) is 4.38. The van der Waals surface area contributed by atoms with Crippen molar-refractivity contribution in [1.29, 1.82) is 0 Å². The highest BCUT2D eigenvalue weighted by molar-refractivity contribution is 9.10. The minimum Gasteiger partial charge on any atom is -0.497 e. The Hall–Kier alpha value is -1.03. The van der Waals surface area contributed by atoms with Crippen LogP contribution < -0.4 is 9.47 Å². The zero-order chi connectivity index (χ0) is 13.0. The van der Waals surface area contributed by atoms with Crippen LogP contribution in [0.3, 0.4) is 0 Å². The van der Waals surface area contributed by atoms with Crippen LogP contribution in [0.2, 0.25) is 0 Å². The standard InChI is InChI=1S/C14H17BrO3/c1-17-11-6-7-14(12(15)8-11)18-9-13(16)10-4-2-3-5-10/h6-8,10H,2-5,9H2,1H3. The maximum atomic E-state index is 11.9. The lowest BCUT2D eigenvalue weighted by atomic mass is 10.0. The fourth-order valence-electron chi connectivity index (χ4n) is 2.24. The second-order valence-corrected chi connectivity index (χ2v) is 5.39. The molecular weight excluding hydrogens is 296 g/mol. The molecule has 3 nitrogen and oxygen atoms in total. The van der Waals surface area contributed by atoms with Crippen LogP contribution in [0.25, 0.3) is 0 Å². The average molecular weight is 313 g/mol. The van der Waals surface area contributed by atoms with Crippen LogP contribution in [0.5, 0.6) is 11.5 Å². The van der Waals surface area contributed by atoms with Crippen molar-refractivity contribution in [3.8, 4) is 11.5 Å². The second kappa shape index (κ2) is 6.23. The number of ether oxygens (including phenoxy) is 2. The van der Waals surface area contributed by atoms with E-state index in [4.69, 9.17) is 9.47 Å². The molecule has 1 saturated carbocycles. The first-order chi connectivity index (χ1) is 8.70. The summed E-state index contributed by atoms with van der Waals surface area (Å²) in [6.45, 7) is 0.162. The van der Waals surface area contributed by atoms with Gasteiger partial charge in [0, 0.05) is 5.92 Å². The molecular formula is C14H17BrO3. The van der Waals surface area contributed by atoms with Crippen LogP contribution >= 0.6 is 15.9 Å². The number of methoxy groups -OCH3 is 1. The van der Waals surface area contributed by atoms with Gasteiger partial charge in [0.25, 0.3) is 0 Å². The van der Waals surface area contributed by atoms with Gasteiger partial charge in [0.1, 0.15) is 18.1 Å². The molecule has 0 saturated heterocycles. The van der Waals surface area contributed by atoms with E-state index in [0.717, 1.165) is 23.1 Å². The Morgan fingerprint density at radius 1 is 1.39 bits per heavy atom. The lowest BCUT2D eigenvalue weighted by Gasteiger charge is -2.11. The van der Waals surface area contributed by atoms with Gasteiger partial charge in [-0.2, -0.15) is 0 Å². The van der Waals surface area contributed by atoms with Crippen LogP contribution in [0, 0.1) is 5.92 Å². The number of hydrogen-bond donors (Lipinski definition) is 0. The zero-order valence-corrected chi connectivity index (χ0v) is 12.0. The average Bonchev–Trinajstić information content (AvgIpc) is 2.90. The molecule has 2 rings (SSSR count). The molecule has 0 N–H and O–H groups in total. The lowest BCUT2D eigenvalue weighted by molar-refractivity contribution is -0.124. The molecule has 1 aromatic rings. The van der Waals surface area contributed by atoms with Crippen LogP contribution in [0.15, 0.2) is 22.7 Å². The van der Waals surface area contributed by atoms with Gasteiger partial charge in [0.15, 0.2) is 5.78 Å². The monoisotopic (exact) mass is 312 g/mol. The Balaban J connectivity index is 1.91. The smallest absolute Gasteiger partial charge is 0.173 e. The number of halogens is 1. The van der Waals surface area contributed by atoms with Crippen LogP contribution in [-0.4, -0.2) is 19.5 Å². The summed E-state index contributed by atoms with van der Waals surface area (Å²) >= 11 is 3.41. The van der Waals surface area contributed by atoms with E-state index in [-0.39, 0.29) is 18.3 Å². The number of carbonyl (C=O) groups excluding carboxylic acids is 1.